The van der Waals surface area contributed by atoms with E-state index in [4.69, 9.17) is 23.2 Å². The first-order valence-corrected chi connectivity index (χ1v) is 9.48. The molecular formula is C18H19Cl2N3O4. The summed E-state index contributed by atoms with van der Waals surface area (Å²) in [5.74, 6) is -2.37. The van der Waals surface area contributed by atoms with Crippen LogP contribution in [0.4, 0.5) is 4.79 Å². The fraction of sp³-hybridized carbons (Fsp3) is 0.444. The minimum Gasteiger partial charge on any atom is -0.348 e. The Morgan fingerprint density at radius 3 is 2.48 bits per heavy atom. The van der Waals surface area contributed by atoms with Crippen LogP contribution >= 0.6 is 23.2 Å². The van der Waals surface area contributed by atoms with E-state index in [-0.39, 0.29) is 6.04 Å². The van der Waals surface area contributed by atoms with Crippen LogP contribution in [0.1, 0.15) is 44.2 Å². The van der Waals surface area contributed by atoms with Gasteiger partial charge in [-0.1, -0.05) is 42.1 Å². The third-order valence-corrected chi connectivity index (χ3v) is 5.44. The van der Waals surface area contributed by atoms with E-state index in [9.17, 15) is 19.2 Å². The molecule has 0 radical (unpaired) electrons. The van der Waals surface area contributed by atoms with Gasteiger partial charge in [-0.25, -0.2) is 9.69 Å². The van der Waals surface area contributed by atoms with Gasteiger partial charge < -0.3 is 5.32 Å². The lowest BCUT2D eigenvalue weighted by Gasteiger charge is -2.21. The van der Waals surface area contributed by atoms with Gasteiger partial charge in [-0.3, -0.25) is 19.3 Å². The summed E-state index contributed by atoms with van der Waals surface area (Å²) in [6.45, 7) is 1.21. The van der Waals surface area contributed by atoms with Crippen LogP contribution in [0.5, 0.6) is 0 Å². The van der Waals surface area contributed by atoms with E-state index in [2.05, 4.69) is 5.32 Å². The highest BCUT2D eigenvalue weighted by Gasteiger charge is 2.48. The fourth-order valence-corrected chi connectivity index (χ4v) is 4.08. The highest BCUT2D eigenvalue weighted by Crippen LogP contribution is 2.28. The van der Waals surface area contributed by atoms with Crippen molar-refractivity contribution < 1.29 is 19.2 Å². The summed E-state index contributed by atoms with van der Waals surface area (Å²) < 4.78 is 0. The maximum absolute atomic E-state index is 12.5. The molecule has 9 heteroatoms. The van der Waals surface area contributed by atoms with E-state index in [1.807, 2.05) is 0 Å². The normalized spacial score (nSPS) is 19.1. The largest absolute Gasteiger partial charge is 0.348 e. The number of amides is 5. The number of nitrogens with zero attached hydrogens (tertiary/aromatic N) is 2. The SMILES string of the molecule is C[C@@H](NC(=O)CN1C(=O)C(=O)N(C2CCCC2)C1=O)c1ccc(Cl)cc1Cl. The Labute approximate surface area is 166 Å². The lowest BCUT2D eigenvalue weighted by Crippen LogP contribution is -2.43. The van der Waals surface area contributed by atoms with Crippen molar-refractivity contribution >= 4 is 47.0 Å². The van der Waals surface area contributed by atoms with Gasteiger partial charge in [0.2, 0.25) is 5.91 Å². The number of carbonyl (C=O) groups excluding carboxylic acids is 4. The van der Waals surface area contributed by atoms with Crippen molar-refractivity contribution in [2.75, 3.05) is 6.54 Å². The third-order valence-electron chi connectivity index (χ3n) is 4.88. The fourth-order valence-electron chi connectivity index (χ4n) is 3.51. The predicted molar refractivity (Wildman–Crippen MR) is 99.2 cm³/mol. The molecule has 2 fully saturated rings. The first kappa shape index (κ1) is 19.6. The maximum atomic E-state index is 12.5. The van der Waals surface area contributed by atoms with Gasteiger partial charge in [0.15, 0.2) is 0 Å². The van der Waals surface area contributed by atoms with Gasteiger partial charge in [0.05, 0.1) is 6.04 Å². The number of carbonyl (C=O) groups is 4. The molecule has 7 nitrogen and oxygen atoms in total. The standard InChI is InChI=1S/C18H19Cl2N3O4/c1-10(13-7-6-11(19)8-14(13)20)21-15(24)9-22-16(25)17(26)23(18(22)27)12-4-2-3-5-12/h6-8,10,12H,2-5,9H2,1H3,(H,21,24)/t10-/m1/s1. The van der Waals surface area contributed by atoms with Crippen LogP contribution in [0.25, 0.3) is 0 Å². The van der Waals surface area contributed by atoms with Crippen molar-refractivity contribution in [1.82, 2.24) is 15.1 Å². The van der Waals surface area contributed by atoms with Crippen LogP contribution in [-0.2, 0) is 14.4 Å². The molecule has 1 saturated carbocycles. The molecule has 3 rings (SSSR count). The lowest BCUT2D eigenvalue weighted by atomic mass is 10.1. The molecule has 2 aliphatic rings. The molecule has 1 aromatic carbocycles. The Morgan fingerprint density at radius 1 is 1.19 bits per heavy atom. The summed E-state index contributed by atoms with van der Waals surface area (Å²) in [6, 6.07) is 3.46. The smallest absolute Gasteiger partial charge is 0.334 e. The second-order valence-electron chi connectivity index (χ2n) is 6.74. The number of imide groups is 2. The number of hydrogen-bond acceptors (Lipinski definition) is 4. The average molecular weight is 412 g/mol. The summed E-state index contributed by atoms with van der Waals surface area (Å²) in [4.78, 5) is 50.9. The molecule has 0 unspecified atom stereocenters. The lowest BCUT2D eigenvalue weighted by molar-refractivity contribution is -0.144. The molecule has 144 valence electrons. The van der Waals surface area contributed by atoms with Crippen LogP contribution < -0.4 is 5.32 Å². The first-order valence-electron chi connectivity index (χ1n) is 8.73. The maximum Gasteiger partial charge on any atom is 0.334 e. The summed E-state index contributed by atoms with van der Waals surface area (Å²) in [5.41, 5.74) is 0.650. The van der Waals surface area contributed by atoms with Gasteiger partial charge in [0, 0.05) is 16.1 Å². The van der Waals surface area contributed by atoms with Crippen molar-refractivity contribution in [3.05, 3.63) is 33.8 Å². The zero-order valence-corrected chi connectivity index (χ0v) is 16.2. The van der Waals surface area contributed by atoms with E-state index in [1.165, 1.54) is 0 Å². The van der Waals surface area contributed by atoms with Gasteiger partial charge in [-0.15, -0.1) is 0 Å². The summed E-state index contributed by atoms with van der Waals surface area (Å²) in [6.07, 6.45) is 3.21. The van der Waals surface area contributed by atoms with Crippen molar-refractivity contribution in [2.24, 2.45) is 0 Å². The summed E-state index contributed by atoms with van der Waals surface area (Å²) in [7, 11) is 0. The second kappa shape index (κ2) is 7.86. The number of nitrogens with one attached hydrogen (secondary N) is 1. The number of hydrogen-bond donors (Lipinski definition) is 1. The van der Waals surface area contributed by atoms with Crippen molar-refractivity contribution in [3.63, 3.8) is 0 Å². The molecule has 1 saturated heterocycles. The molecule has 1 aromatic rings. The molecule has 27 heavy (non-hydrogen) atoms. The number of halogens is 2. The van der Waals surface area contributed by atoms with E-state index < -0.39 is 36.3 Å². The second-order valence-corrected chi connectivity index (χ2v) is 7.59. The molecule has 1 atom stereocenters. The number of urea groups is 1. The molecule has 1 aliphatic heterocycles. The topological polar surface area (TPSA) is 86.8 Å². The zero-order chi connectivity index (χ0) is 19.7. The van der Waals surface area contributed by atoms with Gasteiger partial charge in [-0.05, 0) is 37.5 Å². The Bertz CT molecular complexity index is 808. The molecule has 0 spiro atoms. The Balaban J connectivity index is 1.65. The minimum atomic E-state index is -0.959. The van der Waals surface area contributed by atoms with Gasteiger partial charge in [0.1, 0.15) is 6.54 Å². The van der Waals surface area contributed by atoms with E-state index in [0.29, 0.717) is 33.4 Å². The molecular weight excluding hydrogens is 393 g/mol. The Kier molecular flexibility index (Phi) is 5.72. The van der Waals surface area contributed by atoms with Crippen LogP contribution in [0.15, 0.2) is 18.2 Å². The highest BCUT2D eigenvalue weighted by molar-refractivity contribution is 6.45. The van der Waals surface area contributed by atoms with E-state index in [1.54, 1.807) is 25.1 Å². The molecule has 0 bridgehead atoms. The van der Waals surface area contributed by atoms with Crippen LogP contribution in [-0.4, -0.2) is 46.1 Å². The molecule has 1 aliphatic carbocycles. The Morgan fingerprint density at radius 2 is 1.85 bits per heavy atom. The molecule has 1 N–H and O–H groups in total. The molecule has 0 aromatic heterocycles. The van der Waals surface area contributed by atoms with Crippen molar-refractivity contribution in [1.29, 1.82) is 0 Å². The number of rotatable bonds is 5. The number of benzene rings is 1. The van der Waals surface area contributed by atoms with E-state index in [0.717, 1.165) is 17.7 Å². The summed E-state index contributed by atoms with van der Waals surface area (Å²) >= 11 is 12.0. The predicted octanol–water partition coefficient (Wildman–Crippen LogP) is 2.90. The highest BCUT2D eigenvalue weighted by atomic mass is 35.5. The molecule has 1 heterocycles. The first-order chi connectivity index (χ1) is 12.8. The van der Waals surface area contributed by atoms with Crippen LogP contribution in [0.3, 0.4) is 0 Å². The van der Waals surface area contributed by atoms with Crippen molar-refractivity contribution in [2.45, 2.75) is 44.7 Å². The monoisotopic (exact) mass is 411 g/mol. The van der Waals surface area contributed by atoms with Gasteiger partial charge in [0.25, 0.3) is 0 Å². The van der Waals surface area contributed by atoms with Gasteiger partial charge in [-0.2, -0.15) is 0 Å². The minimum absolute atomic E-state index is 0.256. The molecule has 5 amide bonds. The summed E-state index contributed by atoms with van der Waals surface area (Å²) in [5, 5.41) is 3.55. The average Bonchev–Trinajstić information content (AvgIpc) is 3.18. The van der Waals surface area contributed by atoms with Crippen LogP contribution in [0.2, 0.25) is 10.0 Å². The third kappa shape index (κ3) is 3.94. The van der Waals surface area contributed by atoms with Gasteiger partial charge >= 0.3 is 17.8 Å². The van der Waals surface area contributed by atoms with E-state index >= 15 is 0 Å². The Hall–Kier alpha value is -2.12. The quantitative estimate of drug-likeness (QED) is 0.595. The zero-order valence-electron chi connectivity index (χ0n) is 14.7. The van der Waals surface area contributed by atoms with Crippen molar-refractivity contribution in [3.8, 4) is 0 Å². The van der Waals surface area contributed by atoms with Crippen LogP contribution in [0, 0.1) is 0 Å².